The molecule has 1 unspecified atom stereocenters. The van der Waals surface area contributed by atoms with Crippen LogP contribution in [0.2, 0.25) is 0 Å². The van der Waals surface area contributed by atoms with Gasteiger partial charge in [0.15, 0.2) is 0 Å². The van der Waals surface area contributed by atoms with Crippen molar-refractivity contribution in [3.63, 3.8) is 0 Å². The maximum atomic E-state index is 9.76. The van der Waals surface area contributed by atoms with Gasteiger partial charge in [-0.25, -0.2) is 0 Å². The summed E-state index contributed by atoms with van der Waals surface area (Å²) < 4.78 is 5.51. The van der Waals surface area contributed by atoms with Crippen LogP contribution in [0.15, 0.2) is 24.3 Å². The van der Waals surface area contributed by atoms with E-state index in [1.54, 1.807) is 0 Å². The predicted octanol–water partition coefficient (Wildman–Crippen LogP) is 1.44. The Morgan fingerprint density at radius 3 is 2.58 bits per heavy atom. The number of hydrogen-bond donors (Lipinski definition) is 3. The number of aliphatic hydroxyl groups excluding tert-OH is 2. The summed E-state index contributed by atoms with van der Waals surface area (Å²) in [6, 6.07) is 7.74. The van der Waals surface area contributed by atoms with E-state index in [0.29, 0.717) is 19.7 Å². The highest BCUT2D eigenvalue weighted by atomic mass is 16.5. The fourth-order valence-corrected chi connectivity index (χ4v) is 1.63. The van der Waals surface area contributed by atoms with Gasteiger partial charge in [0.1, 0.15) is 0 Å². The lowest BCUT2D eigenvalue weighted by Gasteiger charge is -2.22. The third-order valence-corrected chi connectivity index (χ3v) is 2.59. The third kappa shape index (κ3) is 7.28. The molecule has 0 aliphatic heterocycles. The Kier molecular flexibility index (Phi) is 6.45. The molecule has 0 bridgehead atoms. The molecule has 0 aliphatic carbocycles. The second-order valence-electron chi connectivity index (χ2n) is 5.69. The van der Waals surface area contributed by atoms with Crippen LogP contribution in [-0.4, -0.2) is 35.1 Å². The molecule has 1 atom stereocenters. The first-order valence-corrected chi connectivity index (χ1v) is 6.62. The van der Waals surface area contributed by atoms with Gasteiger partial charge in [0, 0.05) is 13.1 Å². The smallest absolute Gasteiger partial charge is 0.0898 e. The van der Waals surface area contributed by atoms with Gasteiger partial charge in [-0.3, -0.25) is 0 Å². The molecule has 0 saturated heterocycles. The van der Waals surface area contributed by atoms with Crippen LogP contribution in [0.5, 0.6) is 0 Å². The second kappa shape index (κ2) is 7.60. The van der Waals surface area contributed by atoms with Crippen molar-refractivity contribution in [1.29, 1.82) is 0 Å². The number of aliphatic hydroxyl groups is 2. The summed E-state index contributed by atoms with van der Waals surface area (Å²) in [4.78, 5) is 0. The van der Waals surface area contributed by atoms with Gasteiger partial charge < -0.3 is 20.3 Å². The van der Waals surface area contributed by atoms with Gasteiger partial charge >= 0.3 is 0 Å². The Balaban J connectivity index is 2.25. The van der Waals surface area contributed by atoms with Crippen LogP contribution in [-0.2, 0) is 17.9 Å². The summed E-state index contributed by atoms with van der Waals surface area (Å²) in [5.41, 5.74) is 1.77. The average Bonchev–Trinajstić information content (AvgIpc) is 2.36. The number of rotatable bonds is 7. The van der Waals surface area contributed by atoms with E-state index in [-0.39, 0.29) is 12.2 Å². The van der Waals surface area contributed by atoms with Crippen molar-refractivity contribution in [2.75, 3.05) is 13.2 Å². The first kappa shape index (κ1) is 16.1. The van der Waals surface area contributed by atoms with Gasteiger partial charge in [0.2, 0.25) is 0 Å². The van der Waals surface area contributed by atoms with E-state index in [1.807, 2.05) is 45.0 Å². The summed E-state index contributed by atoms with van der Waals surface area (Å²) in [6.45, 7) is 7.43. The summed E-state index contributed by atoms with van der Waals surface area (Å²) in [5.74, 6) is 0. The minimum atomic E-state index is -0.514. The van der Waals surface area contributed by atoms with E-state index < -0.39 is 6.10 Å². The van der Waals surface area contributed by atoms with Gasteiger partial charge in [0.05, 0.1) is 24.9 Å². The van der Waals surface area contributed by atoms with Crippen molar-refractivity contribution in [3.8, 4) is 0 Å². The lowest BCUT2D eigenvalue weighted by Crippen LogP contribution is -2.33. The standard InChI is InChI=1S/C15H25NO3/c1-15(2,3)19-11-14(18)9-16-8-12-5-4-6-13(7-12)10-17/h4-7,14,16-18H,8-11H2,1-3H3. The van der Waals surface area contributed by atoms with Gasteiger partial charge in [-0.1, -0.05) is 24.3 Å². The Labute approximate surface area is 115 Å². The molecule has 1 aromatic rings. The van der Waals surface area contributed by atoms with E-state index >= 15 is 0 Å². The molecule has 108 valence electrons. The van der Waals surface area contributed by atoms with Gasteiger partial charge in [-0.2, -0.15) is 0 Å². The zero-order valence-electron chi connectivity index (χ0n) is 12.0. The minimum Gasteiger partial charge on any atom is -0.392 e. The molecule has 4 nitrogen and oxygen atoms in total. The topological polar surface area (TPSA) is 61.7 Å². The van der Waals surface area contributed by atoms with Crippen LogP contribution in [0.25, 0.3) is 0 Å². The Morgan fingerprint density at radius 1 is 1.26 bits per heavy atom. The first-order chi connectivity index (χ1) is 8.90. The second-order valence-corrected chi connectivity index (χ2v) is 5.69. The van der Waals surface area contributed by atoms with Crippen LogP contribution in [0.3, 0.4) is 0 Å². The van der Waals surface area contributed by atoms with Crippen molar-refractivity contribution >= 4 is 0 Å². The normalized spacial score (nSPS) is 13.5. The monoisotopic (exact) mass is 267 g/mol. The molecule has 1 rings (SSSR count). The molecule has 0 amide bonds. The molecule has 3 N–H and O–H groups in total. The largest absolute Gasteiger partial charge is 0.392 e. The molecule has 0 saturated carbocycles. The highest BCUT2D eigenvalue weighted by molar-refractivity contribution is 5.22. The fourth-order valence-electron chi connectivity index (χ4n) is 1.63. The lowest BCUT2D eigenvalue weighted by atomic mass is 10.1. The van der Waals surface area contributed by atoms with Crippen molar-refractivity contribution in [2.45, 2.75) is 45.6 Å². The van der Waals surface area contributed by atoms with Gasteiger partial charge in [0.25, 0.3) is 0 Å². The van der Waals surface area contributed by atoms with Crippen LogP contribution in [0.1, 0.15) is 31.9 Å². The number of nitrogens with one attached hydrogen (secondary N) is 1. The summed E-state index contributed by atoms with van der Waals surface area (Å²) in [6.07, 6.45) is -0.514. The van der Waals surface area contributed by atoms with E-state index in [9.17, 15) is 5.11 Å². The number of hydrogen-bond acceptors (Lipinski definition) is 4. The molecule has 0 fully saturated rings. The molecule has 4 heteroatoms. The molecular weight excluding hydrogens is 242 g/mol. The summed E-state index contributed by atoms with van der Waals surface area (Å²) in [5, 5.41) is 22.0. The van der Waals surface area contributed by atoms with Gasteiger partial charge in [-0.15, -0.1) is 0 Å². The van der Waals surface area contributed by atoms with E-state index in [4.69, 9.17) is 9.84 Å². The zero-order valence-corrected chi connectivity index (χ0v) is 12.0. The van der Waals surface area contributed by atoms with Gasteiger partial charge in [-0.05, 0) is 31.9 Å². The SMILES string of the molecule is CC(C)(C)OCC(O)CNCc1cccc(CO)c1. The molecule has 19 heavy (non-hydrogen) atoms. The predicted molar refractivity (Wildman–Crippen MR) is 75.8 cm³/mol. The number of benzene rings is 1. The molecule has 0 aliphatic rings. The van der Waals surface area contributed by atoms with Crippen molar-refractivity contribution in [2.24, 2.45) is 0 Å². The van der Waals surface area contributed by atoms with Crippen molar-refractivity contribution in [1.82, 2.24) is 5.32 Å². The maximum Gasteiger partial charge on any atom is 0.0898 e. The first-order valence-electron chi connectivity index (χ1n) is 6.62. The van der Waals surface area contributed by atoms with E-state index in [1.165, 1.54) is 0 Å². The Morgan fingerprint density at radius 2 is 1.95 bits per heavy atom. The van der Waals surface area contributed by atoms with Crippen LogP contribution in [0, 0.1) is 0 Å². The zero-order chi connectivity index (χ0) is 14.3. The molecular formula is C15H25NO3. The Bertz CT molecular complexity index is 374. The highest BCUT2D eigenvalue weighted by Crippen LogP contribution is 2.07. The summed E-state index contributed by atoms with van der Waals surface area (Å²) in [7, 11) is 0. The van der Waals surface area contributed by atoms with Crippen LogP contribution >= 0.6 is 0 Å². The molecule has 1 aromatic carbocycles. The number of ether oxygens (including phenoxy) is 1. The van der Waals surface area contributed by atoms with E-state index in [0.717, 1.165) is 11.1 Å². The van der Waals surface area contributed by atoms with Crippen molar-refractivity contribution in [3.05, 3.63) is 35.4 Å². The average molecular weight is 267 g/mol. The molecule has 0 heterocycles. The molecule has 0 radical (unpaired) electrons. The van der Waals surface area contributed by atoms with Crippen molar-refractivity contribution < 1.29 is 14.9 Å². The molecule has 0 spiro atoms. The van der Waals surface area contributed by atoms with E-state index in [2.05, 4.69) is 5.32 Å². The quantitative estimate of drug-likeness (QED) is 0.699. The summed E-state index contributed by atoms with van der Waals surface area (Å²) >= 11 is 0. The third-order valence-electron chi connectivity index (χ3n) is 2.59. The Hall–Kier alpha value is -0.940. The van der Waals surface area contributed by atoms with Crippen LogP contribution < -0.4 is 5.32 Å². The lowest BCUT2D eigenvalue weighted by molar-refractivity contribution is -0.0479. The molecule has 0 aromatic heterocycles. The minimum absolute atomic E-state index is 0.0515. The highest BCUT2D eigenvalue weighted by Gasteiger charge is 2.13. The van der Waals surface area contributed by atoms with Crippen LogP contribution in [0.4, 0.5) is 0 Å². The fraction of sp³-hybridized carbons (Fsp3) is 0.600. The maximum absolute atomic E-state index is 9.76.